The summed E-state index contributed by atoms with van der Waals surface area (Å²) in [7, 11) is 0. The first-order valence-corrected chi connectivity index (χ1v) is 5.96. The molecule has 1 aliphatic rings. The standard InChI is InChI=1S/C11H21N3O2/c1-2-4-13-11(16)8-14-10(15)6-9-3-5-12-7-9/h9,12H,2-8H2,1H3,(H,13,16)(H,14,15). The summed E-state index contributed by atoms with van der Waals surface area (Å²) in [6.07, 6.45) is 2.48. The third kappa shape index (κ3) is 5.11. The fourth-order valence-electron chi connectivity index (χ4n) is 1.73. The van der Waals surface area contributed by atoms with E-state index < -0.39 is 0 Å². The molecule has 0 bridgehead atoms. The monoisotopic (exact) mass is 227 g/mol. The van der Waals surface area contributed by atoms with E-state index in [0.29, 0.717) is 18.9 Å². The van der Waals surface area contributed by atoms with E-state index in [1.54, 1.807) is 0 Å². The Morgan fingerprint density at radius 1 is 1.31 bits per heavy atom. The lowest BCUT2D eigenvalue weighted by Crippen LogP contribution is -2.37. The molecule has 92 valence electrons. The third-order valence-electron chi connectivity index (χ3n) is 2.65. The number of rotatable bonds is 6. The molecule has 0 aromatic rings. The molecule has 1 saturated heterocycles. The molecule has 0 aromatic carbocycles. The molecular formula is C11H21N3O2. The van der Waals surface area contributed by atoms with Crippen LogP contribution in [-0.2, 0) is 9.59 Å². The highest BCUT2D eigenvalue weighted by Crippen LogP contribution is 2.11. The van der Waals surface area contributed by atoms with Crippen LogP contribution in [0.3, 0.4) is 0 Å². The van der Waals surface area contributed by atoms with Gasteiger partial charge < -0.3 is 16.0 Å². The zero-order valence-corrected chi connectivity index (χ0v) is 9.84. The van der Waals surface area contributed by atoms with Gasteiger partial charge in [0.05, 0.1) is 6.54 Å². The Kier molecular flexibility index (Phi) is 5.85. The van der Waals surface area contributed by atoms with Crippen molar-refractivity contribution in [1.82, 2.24) is 16.0 Å². The predicted octanol–water partition coefficient (Wildman–Crippen LogP) is -0.372. The number of carbonyl (C=O) groups excluding carboxylic acids is 2. The van der Waals surface area contributed by atoms with Crippen molar-refractivity contribution in [1.29, 1.82) is 0 Å². The zero-order chi connectivity index (χ0) is 11.8. The molecule has 3 N–H and O–H groups in total. The number of nitrogens with one attached hydrogen (secondary N) is 3. The van der Waals surface area contributed by atoms with Gasteiger partial charge in [0, 0.05) is 13.0 Å². The SMILES string of the molecule is CCCNC(=O)CNC(=O)CC1CCNC1. The summed E-state index contributed by atoms with van der Waals surface area (Å²) in [5.74, 6) is 0.291. The maximum Gasteiger partial charge on any atom is 0.239 e. The van der Waals surface area contributed by atoms with Crippen molar-refractivity contribution in [3.05, 3.63) is 0 Å². The highest BCUT2D eigenvalue weighted by Gasteiger charge is 2.17. The first kappa shape index (κ1) is 13.0. The van der Waals surface area contributed by atoms with Crippen LogP contribution in [0, 0.1) is 5.92 Å². The molecule has 0 aliphatic carbocycles. The normalized spacial score (nSPS) is 19.4. The van der Waals surface area contributed by atoms with E-state index in [9.17, 15) is 9.59 Å². The molecule has 0 spiro atoms. The maximum absolute atomic E-state index is 11.5. The van der Waals surface area contributed by atoms with Gasteiger partial charge in [0.15, 0.2) is 0 Å². The van der Waals surface area contributed by atoms with Crippen LogP contribution >= 0.6 is 0 Å². The summed E-state index contributed by atoms with van der Waals surface area (Å²) in [6, 6.07) is 0. The van der Waals surface area contributed by atoms with Gasteiger partial charge in [-0.05, 0) is 31.8 Å². The predicted molar refractivity (Wildman–Crippen MR) is 61.9 cm³/mol. The van der Waals surface area contributed by atoms with E-state index in [2.05, 4.69) is 16.0 Å². The summed E-state index contributed by atoms with van der Waals surface area (Å²) in [4.78, 5) is 22.7. The molecule has 0 saturated carbocycles. The highest BCUT2D eigenvalue weighted by atomic mass is 16.2. The summed E-state index contributed by atoms with van der Waals surface area (Å²) in [5, 5.41) is 8.57. The quantitative estimate of drug-likeness (QED) is 0.580. The van der Waals surface area contributed by atoms with Gasteiger partial charge in [-0.15, -0.1) is 0 Å². The van der Waals surface area contributed by atoms with Crippen molar-refractivity contribution in [2.75, 3.05) is 26.2 Å². The van der Waals surface area contributed by atoms with Crippen LogP contribution in [-0.4, -0.2) is 38.0 Å². The summed E-state index contributed by atoms with van der Waals surface area (Å²) >= 11 is 0. The molecule has 0 aromatic heterocycles. The van der Waals surface area contributed by atoms with E-state index >= 15 is 0 Å². The van der Waals surface area contributed by atoms with E-state index in [0.717, 1.165) is 25.9 Å². The largest absolute Gasteiger partial charge is 0.355 e. The molecule has 5 nitrogen and oxygen atoms in total. The highest BCUT2D eigenvalue weighted by molar-refractivity contribution is 5.84. The fourth-order valence-corrected chi connectivity index (χ4v) is 1.73. The molecule has 1 unspecified atom stereocenters. The Morgan fingerprint density at radius 3 is 2.75 bits per heavy atom. The first-order chi connectivity index (χ1) is 7.72. The number of hydrogen-bond acceptors (Lipinski definition) is 3. The van der Waals surface area contributed by atoms with Gasteiger partial charge in [0.2, 0.25) is 11.8 Å². The van der Waals surface area contributed by atoms with Gasteiger partial charge >= 0.3 is 0 Å². The van der Waals surface area contributed by atoms with Gasteiger partial charge in [-0.2, -0.15) is 0 Å². The molecule has 1 atom stereocenters. The molecule has 2 amide bonds. The van der Waals surface area contributed by atoms with Crippen LogP contribution in [0.1, 0.15) is 26.2 Å². The average molecular weight is 227 g/mol. The lowest BCUT2D eigenvalue weighted by atomic mass is 10.0. The minimum absolute atomic E-state index is 0.0275. The van der Waals surface area contributed by atoms with Gasteiger partial charge in [0.1, 0.15) is 0 Å². The van der Waals surface area contributed by atoms with Crippen LogP contribution in [0.5, 0.6) is 0 Å². The Bertz CT molecular complexity index is 237. The summed E-state index contributed by atoms with van der Waals surface area (Å²) in [6.45, 7) is 4.66. The molecule has 0 radical (unpaired) electrons. The van der Waals surface area contributed by atoms with Crippen LogP contribution in [0.2, 0.25) is 0 Å². The van der Waals surface area contributed by atoms with Crippen molar-refractivity contribution in [3.63, 3.8) is 0 Å². The van der Waals surface area contributed by atoms with Crippen LogP contribution < -0.4 is 16.0 Å². The Hall–Kier alpha value is -1.10. The number of hydrogen-bond donors (Lipinski definition) is 3. The van der Waals surface area contributed by atoms with Gasteiger partial charge in [-0.25, -0.2) is 0 Å². The van der Waals surface area contributed by atoms with Crippen molar-refractivity contribution < 1.29 is 9.59 Å². The minimum Gasteiger partial charge on any atom is -0.355 e. The molecule has 1 rings (SSSR count). The van der Waals surface area contributed by atoms with E-state index in [-0.39, 0.29) is 18.4 Å². The van der Waals surface area contributed by atoms with Gasteiger partial charge in [-0.1, -0.05) is 6.92 Å². The van der Waals surface area contributed by atoms with Crippen molar-refractivity contribution in [2.24, 2.45) is 5.92 Å². The maximum atomic E-state index is 11.5. The topological polar surface area (TPSA) is 70.2 Å². The van der Waals surface area contributed by atoms with Crippen LogP contribution in [0.25, 0.3) is 0 Å². The van der Waals surface area contributed by atoms with Gasteiger partial charge in [0.25, 0.3) is 0 Å². The average Bonchev–Trinajstić information content (AvgIpc) is 2.76. The molecule has 1 aliphatic heterocycles. The summed E-state index contributed by atoms with van der Waals surface area (Å²) in [5.41, 5.74) is 0. The van der Waals surface area contributed by atoms with E-state index in [1.807, 2.05) is 6.92 Å². The molecule has 1 fully saturated rings. The number of amides is 2. The second-order valence-corrected chi connectivity index (χ2v) is 4.19. The second-order valence-electron chi connectivity index (χ2n) is 4.19. The lowest BCUT2D eigenvalue weighted by molar-refractivity contribution is -0.126. The van der Waals surface area contributed by atoms with Crippen molar-refractivity contribution >= 4 is 11.8 Å². The summed E-state index contributed by atoms with van der Waals surface area (Å²) < 4.78 is 0. The smallest absolute Gasteiger partial charge is 0.239 e. The Labute approximate surface area is 96.4 Å². The van der Waals surface area contributed by atoms with Crippen LogP contribution in [0.4, 0.5) is 0 Å². The van der Waals surface area contributed by atoms with Crippen molar-refractivity contribution in [2.45, 2.75) is 26.2 Å². The third-order valence-corrected chi connectivity index (χ3v) is 2.65. The number of carbonyl (C=O) groups is 2. The molecule has 16 heavy (non-hydrogen) atoms. The van der Waals surface area contributed by atoms with E-state index in [1.165, 1.54) is 0 Å². The van der Waals surface area contributed by atoms with Gasteiger partial charge in [-0.3, -0.25) is 9.59 Å². The lowest BCUT2D eigenvalue weighted by Gasteiger charge is -2.09. The molecular weight excluding hydrogens is 206 g/mol. The fraction of sp³-hybridized carbons (Fsp3) is 0.818. The zero-order valence-electron chi connectivity index (χ0n) is 9.84. The first-order valence-electron chi connectivity index (χ1n) is 5.96. The van der Waals surface area contributed by atoms with Crippen LogP contribution in [0.15, 0.2) is 0 Å². The minimum atomic E-state index is -0.111. The Morgan fingerprint density at radius 2 is 2.12 bits per heavy atom. The van der Waals surface area contributed by atoms with E-state index in [4.69, 9.17) is 0 Å². The molecule has 5 heteroatoms. The molecule has 1 heterocycles. The Balaban J connectivity index is 2.07. The van der Waals surface area contributed by atoms with Crippen molar-refractivity contribution in [3.8, 4) is 0 Å². The second kappa shape index (κ2) is 7.22.